The van der Waals surface area contributed by atoms with Crippen molar-refractivity contribution >= 4 is 5.82 Å². The van der Waals surface area contributed by atoms with E-state index in [0.717, 1.165) is 5.69 Å². The maximum atomic E-state index is 9.20. The summed E-state index contributed by atoms with van der Waals surface area (Å²) in [5.74, 6) is 1.18. The molecule has 0 aromatic carbocycles. The summed E-state index contributed by atoms with van der Waals surface area (Å²) >= 11 is 0. The highest BCUT2D eigenvalue weighted by Gasteiger charge is 2.06. The number of nitrogens with zero attached hydrogens (tertiary/aromatic N) is 3. The lowest BCUT2D eigenvalue weighted by molar-refractivity contribution is 0.137. The number of aryl methyl sites for hydroxylation is 1. The van der Waals surface area contributed by atoms with Crippen LogP contribution in [0.4, 0.5) is 5.82 Å². The Labute approximate surface area is 90.0 Å². The van der Waals surface area contributed by atoms with Gasteiger partial charge in [0.25, 0.3) is 0 Å². The number of nitrogen functional groups attached to an aromatic ring is 1. The van der Waals surface area contributed by atoms with Crippen molar-refractivity contribution in [3.8, 4) is 0 Å². The Morgan fingerprint density at radius 1 is 1.53 bits per heavy atom. The number of likely N-dealkylation sites (N-methyl/N-ethyl adjacent to an activating group) is 1. The number of aliphatic hydroxyl groups excluding tert-OH is 1. The molecule has 5 nitrogen and oxygen atoms in total. The van der Waals surface area contributed by atoms with Gasteiger partial charge in [0.15, 0.2) is 0 Å². The van der Waals surface area contributed by atoms with Gasteiger partial charge in [-0.3, -0.25) is 4.90 Å². The monoisotopic (exact) mass is 210 g/mol. The Kier molecular flexibility index (Phi) is 3.99. The van der Waals surface area contributed by atoms with Gasteiger partial charge in [-0.1, -0.05) is 0 Å². The predicted octanol–water partition coefficient (Wildman–Crippen LogP) is 0.180. The smallest absolute Gasteiger partial charge is 0.144 e. The first-order valence-electron chi connectivity index (χ1n) is 4.94. The van der Waals surface area contributed by atoms with E-state index in [4.69, 9.17) is 5.73 Å². The van der Waals surface area contributed by atoms with Gasteiger partial charge in [0.1, 0.15) is 11.6 Å². The highest BCUT2D eigenvalue weighted by Crippen LogP contribution is 2.04. The second kappa shape index (κ2) is 5.04. The number of nitrogens with two attached hydrogens (primary N) is 1. The number of aromatic nitrogens is 2. The van der Waals surface area contributed by atoms with E-state index in [1.54, 1.807) is 13.0 Å². The molecule has 3 N–H and O–H groups in total. The van der Waals surface area contributed by atoms with Crippen molar-refractivity contribution in [2.45, 2.75) is 26.5 Å². The van der Waals surface area contributed by atoms with Crippen LogP contribution in [0.5, 0.6) is 0 Å². The Morgan fingerprint density at radius 3 is 2.73 bits per heavy atom. The minimum atomic E-state index is -0.350. The normalized spacial score (nSPS) is 13.1. The summed E-state index contributed by atoms with van der Waals surface area (Å²) in [6.07, 6.45) is -0.350. The fraction of sp³-hybridized carbons (Fsp3) is 0.600. The van der Waals surface area contributed by atoms with Crippen LogP contribution < -0.4 is 5.73 Å². The van der Waals surface area contributed by atoms with Gasteiger partial charge in [0.2, 0.25) is 0 Å². The van der Waals surface area contributed by atoms with Crippen LogP contribution in [0.1, 0.15) is 18.4 Å². The molecule has 0 bridgehead atoms. The first kappa shape index (κ1) is 11.9. The molecule has 0 amide bonds. The van der Waals surface area contributed by atoms with Crippen LogP contribution >= 0.6 is 0 Å². The van der Waals surface area contributed by atoms with Crippen molar-refractivity contribution in [1.82, 2.24) is 14.9 Å². The molecule has 0 aliphatic rings. The molecule has 0 aliphatic heterocycles. The molecule has 0 aliphatic carbocycles. The van der Waals surface area contributed by atoms with E-state index in [-0.39, 0.29) is 6.10 Å². The molecule has 0 radical (unpaired) electrons. The first-order valence-corrected chi connectivity index (χ1v) is 4.94. The van der Waals surface area contributed by atoms with E-state index in [1.807, 2.05) is 18.9 Å². The van der Waals surface area contributed by atoms with Gasteiger partial charge in [0.05, 0.1) is 12.6 Å². The maximum absolute atomic E-state index is 9.20. The van der Waals surface area contributed by atoms with Crippen LogP contribution in [-0.4, -0.2) is 39.7 Å². The standard InChI is InChI=1S/C10H18N4O/c1-7-4-9(11)13-10(12-7)6-14(3)5-8(2)15/h4,8,15H,5-6H2,1-3H3,(H2,11,12,13). The molecule has 0 saturated heterocycles. The molecular weight excluding hydrogens is 192 g/mol. The zero-order chi connectivity index (χ0) is 11.4. The van der Waals surface area contributed by atoms with Gasteiger partial charge >= 0.3 is 0 Å². The molecule has 0 spiro atoms. The van der Waals surface area contributed by atoms with Crippen molar-refractivity contribution in [3.63, 3.8) is 0 Å². The van der Waals surface area contributed by atoms with E-state index in [2.05, 4.69) is 9.97 Å². The molecule has 84 valence electrons. The Bertz CT molecular complexity index is 307. The van der Waals surface area contributed by atoms with Crippen LogP contribution in [0, 0.1) is 6.92 Å². The van der Waals surface area contributed by atoms with E-state index < -0.39 is 0 Å². The number of hydrogen-bond donors (Lipinski definition) is 2. The molecule has 15 heavy (non-hydrogen) atoms. The summed E-state index contributed by atoms with van der Waals surface area (Å²) in [5, 5.41) is 9.20. The van der Waals surface area contributed by atoms with Crippen LogP contribution in [0.3, 0.4) is 0 Å². The van der Waals surface area contributed by atoms with Gasteiger partial charge in [-0.25, -0.2) is 9.97 Å². The highest BCUT2D eigenvalue weighted by molar-refractivity contribution is 5.29. The van der Waals surface area contributed by atoms with Gasteiger partial charge in [-0.05, 0) is 20.9 Å². The molecular formula is C10H18N4O. The summed E-state index contributed by atoms with van der Waals surface area (Å²) in [7, 11) is 1.91. The molecule has 1 aromatic rings. The summed E-state index contributed by atoms with van der Waals surface area (Å²) in [5.41, 5.74) is 6.48. The Balaban J connectivity index is 2.63. The van der Waals surface area contributed by atoms with Gasteiger partial charge in [0, 0.05) is 18.3 Å². The zero-order valence-electron chi connectivity index (χ0n) is 9.44. The summed E-state index contributed by atoms with van der Waals surface area (Å²) in [6, 6.07) is 1.73. The molecule has 5 heteroatoms. The quantitative estimate of drug-likeness (QED) is 0.741. The van der Waals surface area contributed by atoms with Gasteiger partial charge in [-0.2, -0.15) is 0 Å². The average molecular weight is 210 g/mol. The van der Waals surface area contributed by atoms with E-state index in [1.165, 1.54) is 0 Å². The van der Waals surface area contributed by atoms with Crippen molar-refractivity contribution in [2.24, 2.45) is 0 Å². The number of anilines is 1. The fourth-order valence-electron chi connectivity index (χ4n) is 1.48. The second-order valence-electron chi connectivity index (χ2n) is 3.90. The number of hydrogen-bond acceptors (Lipinski definition) is 5. The number of rotatable bonds is 4. The van der Waals surface area contributed by atoms with Crippen LogP contribution in [0.25, 0.3) is 0 Å². The molecule has 1 atom stereocenters. The summed E-state index contributed by atoms with van der Waals surface area (Å²) in [4.78, 5) is 10.3. The molecule has 1 rings (SSSR count). The molecule has 1 unspecified atom stereocenters. The molecule has 0 fully saturated rings. The third-order valence-corrected chi connectivity index (χ3v) is 1.91. The average Bonchev–Trinajstić information content (AvgIpc) is 1.98. The third-order valence-electron chi connectivity index (χ3n) is 1.91. The Morgan fingerprint density at radius 2 is 2.20 bits per heavy atom. The van der Waals surface area contributed by atoms with Crippen molar-refractivity contribution < 1.29 is 5.11 Å². The van der Waals surface area contributed by atoms with Gasteiger partial charge < -0.3 is 10.8 Å². The van der Waals surface area contributed by atoms with Crippen LogP contribution in [0.15, 0.2) is 6.07 Å². The van der Waals surface area contributed by atoms with Crippen LogP contribution in [0.2, 0.25) is 0 Å². The molecule has 1 heterocycles. The molecule has 1 aromatic heterocycles. The van der Waals surface area contributed by atoms with Crippen molar-refractivity contribution in [2.75, 3.05) is 19.3 Å². The highest BCUT2D eigenvalue weighted by atomic mass is 16.3. The molecule has 0 saturated carbocycles. The topological polar surface area (TPSA) is 75.3 Å². The maximum Gasteiger partial charge on any atom is 0.144 e. The predicted molar refractivity (Wildman–Crippen MR) is 59.2 cm³/mol. The Hall–Kier alpha value is -1.20. The fourth-order valence-corrected chi connectivity index (χ4v) is 1.48. The van der Waals surface area contributed by atoms with Crippen molar-refractivity contribution in [1.29, 1.82) is 0 Å². The third kappa shape index (κ3) is 4.22. The lowest BCUT2D eigenvalue weighted by Crippen LogP contribution is -2.27. The minimum absolute atomic E-state index is 0.350. The van der Waals surface area contributed by atoms with Crippen molar-refractivity contribution in [3.05, 3.63) is 17.6 Å². The van der Waals surface area contributed by atoms with E-state index in [9.17, 15) is 5.11 Å². The summed E-state index contributed by atoms with van der Waals surface area (Å²) in [6.45, 7) is 4.83. The second-order valence-corrected chi connectivity index (χ2v) is 3.90. The van der Waals surface area contributed by atoms with E-state index in [0.29, 0.717) is 24.7 Å². The minimum Gasteiger partial charge on any atom is -0.392 e. The lowest BCUT2D eigenvalue weighted by Gasteiger charge is -2.17. The largest absolute Gasteiger partial charge is 0.392 e. The SMILES string of the molecule is Cc1cc(N)nc(CN(C)CC(C)O)n1. The number of aliphatic hydroxyl groups is 1. The first-order chi connectivity index (χ1) is 6.97. The zero-order valence-corrected chi connectivity index (χ0v) is 9.44. The van der Waals surface area contributed by atoms with Gasteiger partial charge in [-0.15, -0.1) is 0 Å². The van der Waals surface area contributed by atoms with E-state index >= 15 is 0 Å². The van der Waals surface area contributed by atoms with Crippen LogP contribution in [-0.2, 0) is 6.54 Å². The summed E-state index contributed by atoms with van der Waals surface area (Å²) < 4.78 is 0. The lowest BCUT2D eigenvalue weighted by atomic mass is 10.3.